The number of hydrogen-bond acceptors (Lipinski definition) is 3. The lowest BCUT2D eigenvalue weighted by atomic mass is 9.97. The van der Waals surface area contributed by atoms with Gasteiger partial charge in [0.2, 0.25) is 0 Å². The van der Waals surface area contributed by atoms with E-state index >= 15 is 0 Å². The quantitative estimate of drug-likeness (QED) is 0.652. The summed E-state index contributed by atoms with van der Waals surface area (Å²) < 4.78 is 1.96. The number of rotatable bonds is 2. The highest BCUT2D eigenvalue weighted by Crippen LogP contribution is 2.36. The molecule has 6 heteroatoms. The molecule has 0 unspecified atom stereocenters. The largest absolute Gasteiger partial charge is 0.365 e. The Bertz CT molecular complexity index is 774. The van der Waals surface area contributed by atoms with Gasteiger partial charge in [-0.05, 0) is 65.9 Å². The first-order chi connectivity index (χ1) is 10.9. The molecule has 1 amide bonds. The van der Waals surface area contributed by atoms with Crippen molar-refractivity contribution in [3.05, 3.63) is 67.7 Å². The van der Waals surface area contributed by atoms with Crippen LogP contribution in [0.2, 0.25) is 0 Å². The van der Waals surface area contributed by atoms with Gasteiger partial charge in [0.05, 0.1) is 0 Å². The van der Waals surface area contributed by atoms with Gasteiger partial charge in [0.25, 0.3) is 5.91 Å². The molecule has 0 aromatic heterocycles. The molecule has 1 aliphatic heterocycles. The Labute approximate surface area is 156 Å². The second kappa shape index (κ2) is 6.33. The molecule has 0 fully saturated rings. The van der Waals surface area contributed by atoms with Gasteiger partial charge in [-0.1, -0.05) is 28.1 Å². The minimum absolute atomic E-state index is 0.296. The van der Waals surface area contributed by atoms with Crippen LogP contribution in [-0.2, 0) is 5.72 Å². The third-order valence-electron chi connectivity index (χ3n) is 3.71. The zero-order chi connectivity index (χ0) is 16.6. The fourth-order valence-corrected chi connectivity index (χ4v) is 3.21. The van der Waals surface area contributed by atoms with E-state index in [-0.39, 0.29) is 5.91 Å². The molecule has 23 heavy (non-hydrogen) atoms. The Morgan fingerprint density at radius 3 is 2.43 bits per heavy atom. The van der Waals surface area contributed by atoms with E-state index in [1.165, 1.54) is 5.01 Å². The summed E-state index contributed by atoms with van der Waals surface area (Å²) in [6.07, 6.45) is 0.296. The predicted molar refractivity (Wildman–Crippen MR) is 101 cm³/mol. The van der Waals surface area contributed by atoms with Crippen LogP contribution in [0.4, 0.5) is 0 Å². The van der Waals surface area contributed by atoms with Gasteiger partial charge < -0.3 is 5.11 Å². The summed E-state index contributed by atoms with van der Waals surface area (Å²) in [5, 5.41) is 16.6. The van der Waals surface area contributed by atoms with E-state index in [9.17, 15) is 9.90 Å². The number of nitrogens with zero attached hydrogens (tertiary/aromatic N) is 2. The molecule has 1 atom stereocenters. The zero-order valence-corrected chi connectivity index (χ0v) is 16.1. The number of hydrazone groups is 1. The first-order valence-corrected chi connectivity index (χ1v) is 8.90. The highest BCUT2D eigenvalue weighted by atomic mass is 127. The number of benzene rings is 2. The Balaban J connectivity index is 1.99. The van der Waals surface area contributed by atoms with Crippen molar-refractivity contribution in [2.24, 2.45) is 5.10 Å². The van der Waals surface area contributed by atoms with Crippen molar-refractivity contribution in [1.82, 2.24) is 5.01 Å². The summed E-state index contributed by atoms with van der Waals surface area (Å²) in [5.74, 6) is -0.316. The summed E-state index contributed by atoms with van der Waals surface area (Å²) in [6.45, 7) is 1.81. The van der Waals surface area contributed by atoms with Gasteiger partial charge in [0.15, 0.2) is 5.72 Å². The molecule has 1 N–H and O–H groups in total. The van der Waals surface area contributed by atoms with Crippen LogP contribution in [0, 0.1) is 3.57 Å². The van der Waals surface area contributed by atoms with E-state index in [4.69, 9.17) is 0 Å². The van der Waals surface area contributed by atoms with Crippen molar-refractivity contribution in [1.29, 1.82) is 0 Å². The van der Waals surface area contributed by atoms with E-state index in [0.29, 0.717) is 23.3 Å². The van der Waals surface area contributed by atoms with E-state index in [0.717, 1.165) is 8.04 Å². The summed E-state index contributed by atoms with van der Waals surface area (Å²) in [5.41, 5.74) is 0.402. The monoisotopic (exact) mass is 484 g/mol. The maximum atomic E-state index is 12.8. The number of hydrogen-bond donors (Lipinski definition) is 1. The molecule has 4 nitrogen and oxygen atoms in total. The molecule has 0 saturated heterocycles. The van der Waals surface area contributed by atoms with Crippen LogP contribution < -0.4 is 0 Å². The second-order valence-electron chi connectivity index (χ2n) is 5.46. The van der Waals surface area contributed by atoms with Gasteiger partial charge in [-0.2, -0.15) is 10.1 Å². The van der Waals surface area contributed by atoms with E-state index in [2.05, 4.69) is 43.6 Å². The summed E-state index contributed by atoms with van der Waals surface area (Å²) in [6, 6.07) is 14.5. The third-order valence-corrected chi connectivity index (χ3v) is 4.96. The normalized spacial score (nSPS) is 20.5. The standard InChI is InChI=1S/C17H14BrIN2O2/c1-11-10-17(23,13-4-6-14(18)7-5-13)21(20-11)16(22)12-2-8-15(19)9-3-12/h2-9,23H,10H2,1H3/t17-/m0/s1. The Hall–Kier alpha value is -1.25. The third kappa shape index (κ3) is 3.20. The Morgan fingerprint density at radius 2 is 1.83 bits per heavy atom. The molecule has 0 radical (unpaired) electrons. The lowest BCUT2D eigenvalue weighted by Crippen LogP contribution is -2.43. The van der Waals surface area contributed by atoms with Crippen molar-refractivity contribution in [2.45, 2.75) is 19.1 Å². The van der Waals surface area contributed by atoms with Crippen LogP contribution in [-0.4, -0.2) is 21.7 Å². The highest BCUT2D eigenvalue weighted by Gasteiger charge is 2.45. The van der Waals surface area contributed by atoms with Crippen LogP contribution in [0.3, 0.4) is 0 Å². The van der Waals surface area contributed by atoms with Crippen molar-refractivity contribution in [2.75, 3.05) is 0 Å². The highest BCUT2D eigenvalue weighted by molar-refractivity contribution is 14.1. The van der Waals surface area contributed by atoms with E-state index in [1.807, 2.05) is 31.2 Å². The predicted octanol–water partition coefficient (Wildman–Crippen LogP) is 4.12. The topological polar surface area (TPSA) is 52.9 Å². The number of carbonyl (C=O) groups is 1. The van der Waals surface area contributed by atoms with Crippen LogP contribution in [0.25, 0.3) is 0 Å². The molecular weight excluding hydrogens is 471 g/mol. The Kier molecular flexibility index (Phi) is 4.57. The number of amides is 1. The molecule has 3 rings (SSSR count). The summed E-state index contributed by atoms with van der Waals surface area (Å²) >= 11 is 5.56. The minimum atomic E-state index is -1.45. The summed E-state index contributed by atoms with van der Waals surface area (Å²) in [7, 11) is 0. The molecule has 1 aliphatic rings. The molecule has 2 aromatic carbocycles. The van der Waals surface area contributed by atoms with Crippen molar-refractivity contribution < 1.29 is 9.90 Å². The fraction of sp³-hybridized carbons (Fsp3) is 0.176. The maximum absolute atomic E-state index is 12.8. The van der Waals surface area contributed by atoms with Crippen molar-refractivity contribution in [3.63, 3.8) is 0 Å². The molecule has 0 bridgehead atoms. The number of carbonyl (C=O) groups excluding carboxylic acids is 1. The lowest BCUT2D eigenvalue weighted by Gasteiger charge is -2.31. The van der Waals surface area contributed by atoms with Crippen molar-refractivity contribution >= 4 is 50.1 Å². The van der Waals surface area contributed by atoms with E-state index < -0.39 is 5.72 Å². The van der Waals surface area contributed by atoms with Crippen LogP contribution in [0.15, 0.2) is 58.1 Å². The number of aliphatic hydroxyl groups is 1. The summed E-state index contributed by atoms with van der Waals surface area (Å²) in [4.78, 5) is 12.8. The molecule has 0 saturated carbocycles. The second-order valence-corrected chi connectivity index (χ2v) is 7.62. The average Bonchev–Trinajstić information content (AvgIpc) is 2.84. The molecular formula is C17H14BrIN2O2. The van der Waals surface area contributed by atoms with Gasteiger partial charge in [0.1, 0.15) is 0 Å². The fourth-order valence-electron chi connectivity index (χ4n) is 2.59. The molecule has 1 heterocycles. The zero-order valence-electron chi connectivity index (χ0n) is 12.3. The first kappa shape index (κ1) is 16.6. The Morgan fingerprint density at radius 1 is 1.22 bits per heavy atom. The van der Waals surface area contributed by atoms with Crippen molar-refractivity contribution in [3.8, 4) is 0 Å². The van der Waals surface area contributed by atoms with Gasteiger partial charge in [-0.3, -0.25) is 4.79 Å². The maximum Gasteiger partial charge on any atom is 0.276 e. The molecule has 2 aromatic rings. The van der Waals surface area contributed by atoms with Gasteiger partial charge in [-0.15, -0.1) is 0 Å². The van der Waals surface area contributed by atoms with Gasteiger partial charge in [0, 0.05) is 31.3 Å². The lowest BCUT2D eigenvalue weighted by molar-refractivity contribution is -0.0765. The van der Waals surface area contributed by atoms with Crippen LogP contribution in [0.5, 0.6) is 0 Å². The molecule has 118 valence electrons. The smallest absolute Gasteiger partial charge is 0.276 e. The SMILES string of the molecule is CC1=NN(C(=O)c2ccc(I)cc2)[C@@](O)(c2ccc(Br)cc2)C1. The van der Waals surface area contributed by atoms with Crippen LogP contribution >= 0.6 is 38.5 Å². The van der Waals surface area contributed by atoms with Gasteiger partial charge >= 0.3 is 0 Å². The van der Waals surface area contributed by atoms with Gasteiger partial charge in [-0.25, -0.2) is 0 Å². The molecule has 0 spiro atoms. The number of halogens is 2. The first-order valence-electron chi connectivity index (χ1n) is 7.03. The average molecular weight is 485 g/mol. The van der Waals surface area contributed by atoms with Crippen LogP contribution in [0.1, 0.15) is 29.3 Å². The minimum Gasteiger partial charge on any atom is -0.365 e. The van der Waals surface area contributed by atoms with E-state index in [1.54, 1.807) is 24.3 Å². The molecule has 0 aliphatic carbocycles.